The third kappa shape index (κ3) is 2.94. The molecule has 0 bridgehead atoms. The van der Waals surface area contributed by atoms with Crippen molar-refractivity contribution in [1.82, 2.24) is 14.6 Å². The van der Waals surface area contributed by atoms with E-state index < -0.39 is 11.7 Å². The summed E-state index contributed by atoms with van der Waals surface area (Å²) in [7, 11) is 0. The average molecular weight is 323 g/mol. The number of benzene rings is 1. The van der Waals surface area contributed by atoms with E-state index >= 15 is 0 Å². The van der Waals surface area contributed by atoms with E-state index in [1.165, 1.54) is 22.2 Å². The van der Waals surface area contributed by atoms with Crippen LogP contribution in [0.4, 0.5) is 13.2 Å². The van der Waals surface area contributed by atoms with Gasteiger partial charge in [0.05, 0.1) is 5.56 Å². The van der Waals surface area contributed by atoms with E-state index in [0.717, 1.165) is 17.8 Å². The van der Waals surface area contributed by atoms with E-state index in [2.05, 4.69) is 10.2 Å². The molecular formula is C15H12F3N3S. The third-order valence-electron chi connectivity index (χ3n) is 3.25. The molecule has 22 heavy (non-hydrogen) atoms. The molecule has 114 valence electrons. The molecule has 0 spiro atoms. The summed E-state index contributed by atoms with van der Waals surface area (Å²) in [5, 5.41) is 8.41. The Balaban J connectivity index is 1.94. The average Bonchev–Trinajstić information content (AvgIpc) is 2.89. The fraction of sp³-hybridized carbons (Fsp3) is 0.200. The van der Waals surface area contributed by atoms with Gasteiger partial charge in [-0.15, -0.1) is 10.2 Å². The highest BCUT2D eigenvalue weighted by Gasteiger charge is 2.31. The summed E-state index contributed by atoms with van der Waals surface area (Å²) in [4.78, 5) is 0. The molecule has 0 aliphatic rings. The minimum atomic E-state index is -4.38. The van der Waals surface area contributed by atoms with E-state index in [1.807, 2.05) is 37.3 Å². The first-order valence-corrected chi connectivity index (χ1v) is 7.47. The Morgan fingerprint density at radius 2 is 1.77 bits per heavy atom. The summed E-state index contributed by atoms with van der Waals surface area (Å²) >= 11 is 1.37. The Morgan fingerprint density at radius 1 is 1.05 bits per heavy atom. The summed E-state index contributed by atoms with van der Waals surface area (Å²) in [5.74, 6) is 0. The molecule has 2 aromatic heterocycles. The zero-order valence-corrected chi connectivity index (χ0v) is 12.4. The van der Waals surface area contributed by atoms with Crippen LogP contribution in [0.15, 0.2) is 53.8 Å². The topological polar surface area (TPSA) is 30.2 Å². The zero-order valence-electron chi connectivity index (χ0n) is 11.6. The van der Waals surface area contributed by atoms with Crippen LogP contribution in [0.5, 0.6) is 0 Å². The standard InChI is InChI=1S/C15H12F3N3S/c1-10(11-5-3-2-4-6-11)22-14-20-19-13-8-7-12(9-21(13)14)15(16,17)18/h2-10H,1H3/t10-/m0/s1. The first-order chi connectivity index (χ1) is 10.4. The van der Waals surface area contributed by atoms with Crippen LogP contribution in [0.2, 0.25) is 0 Å². The maximum atomic E-state index is 12.8. The predicted molar refractivity (Wildman–Crippen MR) is 78.7 cm³/mol. The fourth-order valence-electron chi connectivity index (χ4n) is 2.07. The Hall–Kier alpha value is -2.02. The van der Waals surface area contributed by atoms with Gasteiger partial charge in [0, 0.05) is 11.4 Å². The lowest BCUT2D eigenvalue weighted by Gasteiger charge is -2.11. The van der Waals surface area contributed by atoms with Crippen molar-refractivity contribution in [2.24, 2.45) is 0 Å². The molecule has 0 aliphatic heterocycles. The fourth-order valence-corrected chi connectivity index (χ4v) is 3.03. The van der Waals surface area contributed by atoms with Gasteiger partial charge in [0.25, 0.3) is 0 Å². The highest BCUT2D eigenvalue weighted by molar-refractivity contribution is 7.99. The van der Waals surface area contributed by atoms with Crippen molar-refractivity contribution in [3.63, 3.8) is 0 Å². The second-order valence-corrected chi connectivity index (χ2v) is 6.11. The van der Waals surface area contributed by atoms with Crippen LogP contribution in [0, 0.1) is 0 Å². The molecule has 0 radical (unpaired) electrons. The molecule has 3 rings (SSSR count). The van der Waals surface area contributed by atoms with Gasteiger partial charge in [-0.2, -0.15) is 13.2 Å². The summed E-state index contributed by atoms with van der Waals surface area (Å²) in [6.45, 7) is 1.98. The first kappa shape index (κ1) is 14.9. The summed E-state index contributed by atoms with van der Waals surface area (Å²) in [6.07, 6.45) is -3.35. The second-order valence-electron chi connectivity index (χ2n) is 4.80. The molecule has 0 N–H and O–H groups in total. The molecule has 0 aliphatic carbocycles. The largest absolute Gasteiger partial charge is 0.417 e. The molecule has 0 saturated carbocycles. The maximum absolute atomic E-state index is 12.8. The van der Waals surface area contributed by atoms with Crippen LogP contribution < -0.4 is 0 Å². The van der Waals surface area contributed by atoms with Crippen molar-refractivity contribution in [2.45, 2.75) is 23.5 Å². The maximum Gasteiger partial charge on any atom is 0.417 e. The van der Waals surface area contributed by atoms with E-state index in [-0.39, 0.29) is 5.25 Å². The number of nitrogens with zero attached hydrogens (tertiary/aromatic N) is 3. The number of thioether (sulfide) groups is 1. The lowest BCUT2D eigenvalue weighted by Crippen LogP contribution is -2.06. The van der Waals surface area contributed by atoms with Crippen molar-refractivity contribution < 1.29 is 13.2 Å². The molecule has 3 nitrogen and oxygen atoms in total. The lowest BCUT2D eigenvalue weighted by atomic mass is 10.2. The van der Waals surface area contributed by atoms with Gasteiger partial charge < -0.3 is 0 Å². The number of rotatable bonds is 3. The lowest BCUT2D eigenvalue weighted by molar-refractivity contribution is -0.137. The molecule has 3 aromatic rings. The number of alkyl halides is 3. The summed E-state index contributed by atoms with van der Waals surface area (Å²) in [5.41, 5.74) is 0.765. The van der Waals surface area contributed by atoms with Crippen molar-refractivity contribution in [2.75, 3.05) is 0 Å². The molecule has 1 aromatic carbocycles. The normalized spacial score (nSPS) is 13.5. The van der Waals surface area contributed by atoms with Crippen molar-refractivity contribution in [3.8, 4) is 0 Å². The minimum Gasteiger partial charge on any atom is -0.277 e. The zero-order chi connectivity index (χ0) is 15.7. The Morgan fingerprint density at radius 3 is 2.45 bits per heavy atom. The summed E-state index contributed by atoms with van der Waals surface area (Å²) in [6, 6.07) is 12.1. The third-order valence-corrected chi connectivity index (χ3v) is 4.36. The van der Waals surface area contributed by atoms with Crippen molar-refractivity contribution >= 4 is 17.4 Å². The molecule has 0 saturated heterocycles. The number of hydrogen-bond donors (Lipinski definition) is 0. The van der Waals surface area contributed by atoms with Crippen LogP contribution in [-0.2, 0) is 6.18 Å². The molecule has 0 unspecified atom stereocenters. The number of pyridine rings is 1. The van der Waals surface area contributed by atoms with Crippen molar-refractivity contribution in [3.05, 3.63) is 59.8 Å². The quantitative estimate of drug-likeness (QED) is 0.660. The van der Waals surface area contributed by atoms with Gasteiger partial charge in [-0.05, 0) is 24.6 Å². The van der Waals surface area contributed by atoms with Gasteiger partial charge in [-0.1, -0.05) is 42.1 Å². The Bertz CT molecular complexity index is 784. The monoisotopic (exact) mass is 323 g/mol. The molecule has 2 heterocycles. The molecular weight excluding hydrogens is 311 g/mol. The van der Waals surface area contributed by atoms with Gasteiger partial charge in [0.15, 0.2) is 10.8 Å². The van der Waals surface area contributed by atoms with Gasteiger partial charge in [0.1, 0.15) is 0 Å². The Labute approximate surface area is 129 Å². The van der Waals surface area contributed by atoms with E-state index in [9.17, 15) is 13.2 Å². The van der Waals surface area contributed by atoms with Crippen LogP contribution in [-0.4, -0.2) is 14.6 Å². The highest BCUT2D eigenvalue weighted by atomic mass is 32.2. The first-order valence-electron chi connectivity index (χ1n) is 6.59. The number of fused-ring (bicyclic) bond motifs is 1. The molecule has 0 fully saturated rings. The van der Waals surface area contributed by atoms with Crippen LogP contribution in [0.3, 0.4) is 0 Å². The highest BCUT2D eigenvalue weighted by Crippen LogP contribution is 2.35. The Kier molecular flexibility index (Phi) is 3.82. The van der Waals surface area contributed by atoms with E-state index in [0.29, 0.717) is 10.8 Å². The second kappa shape index (κ2) is 5.64. The van der Waals surface area contributed by atoms with Crippen molar-refractivity contribution in [1.29, 1.82) is 0 Å². The van der Waals surface area contributed by atoms with Gasteiger partial charge in [-0.3, -0.25) is 4.40 Å². The number of halogens is 3. The van der Waals surface area contributed by atoms with Gasteiger partial charge >= 0.3 is 6.18 Å². The predicted octanol–water partition coefficient (Wildman–Crippen LogP) is 4.60. The van der Waals surface area contributed by atoms with Crippen LogP contribution in [0.25, 0.3) is 5.65 Å². The van der Waals surface area contributed by atoms with E-state index in [1.54, 1.807) is 0 Å². The minimum absolute atomic E-state index is 0.0585. The molecule has 1 atom stereocenters. The van der Waals surface area contributed by atoms with E-state index in [4.69, 9.17) is 0 Å². The number of hydrogen-bond acceptors (Lipinski definition) is 3. The van der Waals surface area contributed by atoms with Gasteiger partial charge in [-0.25, -0.2) is 0 Å². The molecule has 7 heteroatoms. The smallest absolute Gasteiger partial charge is 0.277 e. The number of aromatic nitrogens is 3. The van der Waals surface area contributed by atoms with Crippen LogP contribution >= 0.6 is 11.8 Å². The van der Waals surface area contributed by atoms with Crippen LogP contribution in [0.1, 0.15) is 23.3 Å². The SMILES string of the molecule is C[C@H](Sc1nnc2ccc(C(F)(F)F)cn12)c1ccccc1. The molecule has 0 amide bonds. The van der Waals surface area contributed by atoms with Gasteiger partial charge in [0.2, 0.25) is 0 Å². The summed E-state index contributed by atoms with van der Waals surface area (Å²) < 4.78 is 39.8.